The molecule has 0 fully saturated rings. The van der Waals surface area contributed by atoms with E-state index >= 15 is 0 Å². The number of amides is 1. The van der Waals surface area contributed by atoms with Crippen molar-refractivity contribution in [2.45, 2.75) is 27.4 Å². The summed E-state index contributed by atoms with van der Waals surface area (Å²) in [6.07, 6.45) is 0. The standard InChI is InChI=1S/C19H20F2N2O3/c1-12-8-9-15(10-13(12)2)25-11-18(24)23-22-14(3)16-6-4-5-7-17(16)26-19(20)21/h4-10,19H,11H2,1-3H3,(H,23,24)/b22-14-. The van der Waals surface area contributed by atoms with E-state index in [0.717, 1.165) is 11.1 Å². The fraction of sp³-hybridized carbons (Fsp3) is 0.263. The van der Waals surface area contributed by atoms with E-state index in [2.05, 4.69) is 15.3 Å². The molecule has 0 radical (unpaired) electrons. The van der Waals surface area contributed by atoms with Crippen LogP contribution in [0.1, 0.15) is 23.6 Å². The van der Waals surface area contributed by atoms with Crippen LogP contribution in [0.15, 0.2) is 47.6 Å². The monoisotopic (exact) mass is 362 g/mol. The van der Waals surface area contributed by atoms with Gasteiger partial charge >= 0.3 is 6.61 Å². The fourth-order valence-electron chi connectivity index (χ4n) is 2.16. The van der Waals surface area contributed by atoms with Crippen molar-refractivity contribution in [3.8, 4) is 11.5 Å². The summed E-state index contributed by atoms with van der Waals surface area (Å²) in [6, 6.07) is 11.8. The van der Waals surface area contributed by atoms with Gasteiger partial charge in [-0.2, -0.15) is 13.9 Å². The van der Waals surface area contributed by atoms with E-state index in [1.54, 1.807) is 31.2 Å². The van der Waals surface area contributed by atoms with Crippen LogP contribution < -0.4 is 14.9 Å². The predicted octanol–water partition coefficient (Wildman–Crippen LogP) is 3.82. The summed E-state index contributed by atoms with van der Waals surface area (Å²) in [5, 5.41) is 3.92. The molecular weight excluding hydrogens is 342 g/mol. The number of para-hydroxylation sites is 1. The van der Waals surface area contributed by atoms with Gasteiger partial charge in [0.1, 0.15) is 11.5 Å². The molecule has 138 valence electrons. The first kappa shape index (κ1) is 19.4. The van der Waals surface area contributed by atoms with E-state index in [9.17, 15) is 13.6 Å². The molecule has 2 aromatic rings. The molecule has 0 aliphatic heterocycles. The number of carbonyl (C=O) groups is 1. The van der Waals surface area contributed by atoms with Gasteiger partial charge in [0.25, 0.3) is 5.91 Å². The van der Waals surface area contributed by atoms with E-state index < -0.39 is 12.5 Å². The average Bonchev–Trinajstić information content (AvgIpc) is 2.60. The minimum atomic E-state index is -2.94. The van der Waals surface area contributed by atoms with Crippen molar-refractivity contribution in [1.29, 1.82) is 0 Å². The van der Waals surface area contributed by atoms with Crippen molar-refractivity contribution in [2.75, 3.05) is 6.61 Å². The molecule has 2 rings (SSSR count). The molecule has 0 aliphatic carbocycles. The molecule has 0 spiro atoms. The largest absolute Gasteiger partial charge is 0.484 e. The molecular formula is C19H20F2N2O3. The van der Waals surface area contributed by atoms with Crippen LogP contribution in [0.2, 0.25) is 0 Å². The average molecular weight is 362 g/mol. The van der Waals surface area contributed by atoms with Gasteiger partial charge in [0.15, 0.2) is 6.61 Å². The molecule has 7 heteroatoms. The van der Waals surface area contributed by atoms with Crippen LogP contribution in [-0.2, 0) is 4.79 Å². The second-order valence-corrected chi connectivity index (χ2v) is 5.64. The highest BCUT2D eigenvalue weighted by Gasteiger charge is 2.11. The number of halogens is 2. The Labute approximate surface area is 150 Å². The van der Waals surface area contributed by atoms with Gasteiger partial charge in [0.05, 0.1) is 5.71 Å². The van der Waals surface area contributed by atoms with Gasteiger partial charge in [-0.05, 0) is 56.2 Å². The van der Waals surface area contributed by atoms with Gasteiger partial charge in [0.2, 0.25) is 0 Å². The number of alkyl halides is 2. The number of aryl methyl sites for hydroxylation is 2. The second-order valence-electron chi connectivity index (χ2n) is 5.64. The van der Waals surface area contributed by atoms with E-state index in [1.165, 1.54) is 6.07 Å². The summed E-state index contributed by atoms with van der Waals surface area (Å²) in [4.78, 5) is 11.9. The Morgan fingerprint density at radius 3 is 2.58 bits per heavy atom. The molecule has 0 aromatic heterocycles. The maximum absolute atomic E-state index is 12.4. The van der Waals surface area contributed by atoms with Crippen molar-refractivity contribution < 1.29 is 23.0 Å². The molecule has 26 heavy (non-hydrogen) atoms. The van der Waals surface area contributed by atoms with E-state index in [-0.39, 0.29) is 12.4 Å². The second kappa shape index (κ2) is 8.94. The molecule has 0 unspecified atom stereocenters. The van der Waals surface area contributed by atoms with Gasteiger partial charge < -0.3 is 9.47 Å². The van der Waals surface area contributed by atoms with E-state index in [1.807, 2.05) is 26.0 Å². The summed E-state index contributed by atoms with van der Waals surface area (Å²) in [6.45, 7) is 2.37. The van der Waals surface area contributed by atoms with Gasteiger partial charge in [-0.3, -0.25) is 4.79 Å². The zero-order valence-corrected chi connectivity index (χ0v) is 14.8. The third-order valence-corrected chi connectivity index (χ3v) is 3.69. The first-order chi connectivity index (χ1) is 12.4. The summed E-state index contributed by atoms with van der Waals surface area (Å²) < 4.78 is 34.7. The highest BCUT2D eigenvalue weighted by Crippen LogP contribution is 2.21. The highest BCUT2D eigenvalue weighted by atomic mass is 19.3. The van der Waals surface area contributed by atoms with Crippen molar-refractivity contribution in [1.82, 2.24) is 5.43 Å². The number of ether oxygens (including phenoxy) is 2. The minimum absolute atomic E-state index is 0.00983. The number of nitrogens with one attached hydrogen (secondary N) is 1. The van der Waals surface area contributed by atoms with Crippen LogP contribution in [0.4, 0.5) is 8.78 Å². The molecule has 0 aliphatic rings. The molecule has 0 saturated carbocycles. The SMILES string of the molecule is C/C(=N/NC(=O)COc1ccc(C)c(C)c1)c1ccccc1OC(F)F. The Balaban J connectivity index is 1.96. The van der Waals surface area contributed by atoms with Gasteiger partial charge in [0, 0.05) is 5.56 Å². The van der Waals surface area contributed by atoms with Crippen LogP contribution in [0.5, 0.6) is 11.5 Å². The van der Waals surface area contributed by atoms with Crippen LogP contribution in [-0.4, -0.2) is 24.8 Å². The molecule has 0 atom stereocenters. The number of rotatable bonds is 7. The van der Waals surface area contributed by atoms with Crippen LogP contribution in [0.3, 0.4) is 0 Å². The first-order valence-electron chi connectivity index (χ1n) is 7.94. The third kappa shape index (κ3) is 5.54. The van der Waals surface area contributed by atoms with Crippen molar-refractivity contribution in [2.24, 2.45) is 5.10 Å². The Morgan fingerprint density at radius 2 is 1.88 bits per heavy atom. The molecule has 0 saturated heterocycles. The topological polar surface area (TPSA) is 59.9 Å². The number of hydrazone groups is 1. The Kier molecular flexibility index (Phi) is 6.66. The zero-order chi connectivity index (χ0) is 19.1. The lowest BCUT2D eigenvalue weighted by Crippen LogP contribution is -2.25. The lowest BCUT2D eigenvalue weighted by molar-refractivity contribution is -0.123. The number of benzene rings is 2. The first-order valence-corrected chi connectivity index (χ1v) is 7.94. The number of hydrogen-bond donors (Lipinski definition) is 1. The maximum atomic E-state index is 12.4. The third-order valence-electron chi connectivity index (χ3n) is 3.69. The molecule has 1 N–H and O–H groups in total. The summed E-state index contributed by atoms with van der Waals surface area (Å²) in [5.74, 6) is 0.110. The number of hydrogen-bond acceptors (Lipinski definition) is 4. The minimum Gasteiger partial charge on any atom is -0.484 e. The normalized spacial score (nSPS) is 11.4. The van der Waals surface area contributed by atoms with Crippen LogP contribution in [0.25, 0.3) is 0 Å². The van der Waals surface area contributed by atoms with Gasteiger partial charge in [-0.15, -0.1) is 0 Å². The lowest BCUT2D eigenvalue weighted by Gasteiger charge is -2.10. The maximum Gasteiger partial charge on any atom is 0.387 e. The molecule has 0 heterocycles. The summed E-state index contributed by atoms with van der Waals surface area (Å²) in [7, 11) is 0. The Bertz CT molecular complexity index is 807. The highest BCUT2D eigenvalue weighted by molar-refractivity contribution is 6.01. The number of nitrogens with zero attached hydrogens (tertiary/aromatic N) is 1. The van der Waals surface area contributed by atoms with Crippen molar-refractivity contribution in [3.63, 3.8) is 0 Å². The fourth-order valence-corrected chi connectivity index (χ4v) is 2.16. The summed E-state index contributed by atoms with van der Waals surface area (Å²) >= 11 is 0. The Hall–Kier alpha value is -2.96. The van der Waals surface area contributed by atoms with Crippen LogP contribution >= 0.6 is 0 Å². The number of carbonyl (C=O) groups excluding carboxylic acids is 1. The van der Waals surface area contributed by atoms with Crippen LogP contribution in [0, 0.1) is 13.8 Å². The molecule has 5 nitrogen and oxygen atoms in total. The quantitative estimate of drug-likeness (QED) is 0.602. The molecule has 2 aromatic carbocycles. The molecule has 0 bridgehead atoms. The van der Waals surface area contributed by atoms with E-state index in [0.29, 0.717) is 17.0 Å². The zero-order valence-electron chi connectivity index (χ0n) is 14.8. The van der Waals surface area contributed by atoms with Gasteiger partial charge in [-0.25, -0.2) is 5.43 Å². The lowest BCUT2D eigenvalue weighted by atomic mass is 10.1. The smallest absolute Gasteiger partial charge is 0.387 e. The molecule has 1 amide bonds. The summed E-state index contributed by atoms with van der Waals surface area (Å²) in [5.41, 5.74) is 5.23. The van der Waals surface area contributed by atoms with Gasteiger partial charge in [-0.1, -0.05) is 18.2 Å². The van der Waals surface area contributed by atoms with Crippen molar-refractivity contribution >= 4 is 11.6 Å². The predicted molar refractivity (Wildman–Crippen MR) is 94.8 cm³/mol. The van der Waals surface area contributed by atoms with E-state index in [4.69, 9.17) is 4.74 Å². The Morgan fingerprint density at radius 1 is 1.15 bits per heavy atom. The van der Waals surface area contributed by atoms with Crippen molar-refractivity contribution in [3.05, 3.63) is 59.2 Å².